The Hall–Kier alpha value is -0.830. The zero-order valence-electron chi connectivity index (χ0n) is 13.1. The molecule has 0 aliphatic heterocycles. The minimum Gasteiger partial charge on any atom is -0.330 e. The molecular formula is C16H29N3. The minimum atomic E-state index is 0.559. The Morgan fingerprint density at radius 1 is 1.32 bits per heavy atom. The van der Waals surface area contributed by atoms with Gasteiger partial charge in [-0.3, -0.25) is 0 Å². The van der Waals surface area contributed by atoms with Gasteiger partial charge in [-0.1, -0.05) is 20.8 Å². The summed E-state index contributed by atoms with van der Waals surface area (Å²) < 4.78 is 2.42. The van der Waals surface area contributed by atoms with Gasteiger partial charge in [0, 0.05) is 11.7 Å². The molecule has 1 heterocycles. The largest absolute Gasteiger partial charge is 0.330 e. The quantitative estimate of drug-likeness (QED) is 0.901. The molecule has 3 nitrogen and oxygen atoms in total. The van der Waals surface area contributed by atoms with Gasteiger partial charge in [-0.15, -0.1) is 0 Å². The lowest BCUT2D eigenvalue weighted by Gasteiger charge is -2.41. The summed E-state index contributed by atoms with van der Waals surface area (Å²) in [6.45, 7) is 12.5. The van der Waals surface area contributed by atoms with E-state index in [1.165, 1.54) is 30.7 Å². The van der Waals surface area contributed by atoms with Crippen molar-refractivity contribution in [2.75, 3.05) is 6.54 Å². The number of hydrogen-bond acceptors (Lipinski definition) is 2. The molecule has 3 heteroatoms. The molecule has 0 bridgehead atoms. The van der Waals surface area contributed by atoms with Crippen LogP contribution in [-0.2, 0) is 0 Å². The third-order valence-electron chi connectivity index (χ3n) is 4.69. The summed E-state index contributed by atoms with van der Waals surface area (Å²) in [4.78, 5) is 4.49. The van der Waals surface area contributed by atoms with Crippen molar-refractivity contribution in [2.45, 2.75) is 66.0 Å². The highest BCUT2D eigenvalue weighted by Crippen LogP contribution is 2.37. The van der Waals surface area contributed by atoms with Crippen molar-refractivity contribution in [1.82, 2.24) is 14.9 Å². The van der Waals surface area contributed by atoms with Gasteiger partial charge in [-0.25, -0.2) is 4.98 Å². The molecule has 1 aromatic rings. The maximum atomic E-state index is 4.49. The molecule has 1 aromatic heterocycles. The highest BCUT2D eigenvalue weighted by atomic mass is 15.1. The van der Waals surface area contributed by atoms with Gasteiger partial charge in [0.05, 0.1) is 18.1 Å². The van der Waals surface area contributed by atoms with Gasteiger partial charge >= 0.3 is 0 Å². The Balaban J connectivity index is 2.24. The Bertz CT molecular complexity index is 410. The van der Waals surface area contributed by atoms with E-state index in [2.05, 4.69) is 49.5 Å². The highest BCUT2D eigenvalue weighted by Gasteiger charge is 2.35. The third kappa shape index (κ3) is 3.02. The molecule has 2 rings (SSSR count). The predicted octanol–water partition coefficient (Wildman–Crippen LogP) is 3.48. The normalized spacial score (nSPS) is 31.6. The summed E-state index contributed by atoms with van der Waals surface area (Å²) in [6.07, 6.45) is 5.85. The molecule has 0 amide bonds. The first-order chi connectivity index (χ1) is 9.04. The standard InChI is InChI=1S/C16H29N3/c1-6-7-17-15-9-11(2)8-12(3)16(15)19-10-18-13(4)14(19)5/h10-12,15-17H,6-9H2,1-5H3. The number of hydrogen-bond donors (Lipinski definition) is 1. The molecule has 1 saturated carbocycles. The van der Waals surface area contributed by atoms with Crippen LogP contribution in [0.3, 0.4) is 0 Å². The number of rotatable bonds is 4. The van der Waals surface area contributed by atoms with Crippen LogP contribution >= 0.6 is 0 Å². The minimum absolute atomic E-state index is 0.559. The molecule has 0 spiro atoms. The molecule has 0 saturated heterocycles. The van der Waals surface area contributed by atoms with Gasteiger partial charge in [0.2, 0.25) is 0 Å². The number of aryl methyl sites for hydroxylation is 1. The first-order valence-corrected chi connectivity index (χ1v) is 7.78. The zero-order valence-corrected chi connectivity index (χ0v) is 13.1. The molecule has 108 valence electrons. The maximum absolute atomic E-state index is 4.49. The average molecular weight is 263 g/mol. The monoisotopic (exact) mass is 263 g/mol. The second kappa shape index (κ2) is 6.08. The molecule has 4 unspecified atom stereocenters. The van der Waals surface area contributed by atoms with Gasteiger partial charge in [-0.2, -0.15) is 0 Å². The number of aromatic nitrogens is 2. The van der Waals surface area contributed by atoms with Crippen LogP contribution in [0.1, 0.15) is 57.5 Å². The lowest BCUT2D eigenvalue weighted by Crippen LogP contribution is -2.45. The Kier molecular flexibility index (Phi) is 4.67. The summed E-state index contributed by atoms with van der Waals surface area (Å²) in [7, 11) is 0. The predicted molar refractivity (Wildman–Crippen MR) is 80.4 cm³/mol. The first-order valence-electron chi connectivity index (χ1n) is 7.78. The fraction of sp³-hybridized carbons (Fsp3) is 0.812. The molecule has 1 N–H and O–H groups in total. The third-order valence-corrected chi connectivity index (χ3v) is 4.69. The van der Waals surface area contributed by atoms with E-state index in [4.69, 9.17) is 0 Å². The van der Waals surface area contributed by atoms with E-state index in [1.807, 2.05) is 6.33 Å². The fourth-order valence-corrected chi connectivity index (χ4v) is 3.66. The van der Waals surface area contributed by atoms with Gasteiger partial charge in [0.25, 0.3) is 0 Å². The van der Waals surface area contributed by atoms with Gasteiger partial charge < -0.3 is 9.88 Å². The molecule has 0 radical (unpaired) electrons. The Labute approximate surface area is 117 Å². The summed E-state index contributed by atoms with van der Waals surface area (Å²) in [5, 5.41) is 3.77. The van der Waals surface area contributed by atoms with Crippen LogP contribution in [-0.4, -0.2) is 22.1 Å². The summed E-state index contributed by atoms with van der Waals surface area (Å²) in [5.74, 6) is 1.54. The molecular weight excluding hydrogens is 234 g/mol. The van der Waals surface area contributed by atoms with Gasteiger partial charge in [-0.05, 0) is 51.5 Å². The van der Waals surface area contributed by atoms with E-state index < -0.39 is 0 Å². The molecule has 1 aliphatic carbocycles. The Morgan fingerprint density at radius 3 is 2.63 bits per heavy atom. The van der Waals surface area contributed by atoms with Crippen molar-refractivity contribution in [3.8, 4) is 0 Å². The lowest BCUT2D eigenvalue weighted by molar-refractivity contribution is 0.152. The maximum Gasteiger partial charge on any atom is 0.0954 e. The van der Waals surface area contributed by atoms with Crippen LogP contribution in [0.25, 0.3) is 0 Å². The van der Waals surface area contributed by atoms with Crippen molar-refractivity contribution in [3.63, 3.8) is 0 Å². The van der Waals surface area contributed by atoms with Gasteiger partial charge in [0.15, 0.2) is 0 Å². The van der Waals surface area contributed by atoms with E-state index in [-0.39, 0.29) is 0 Å². The first kappa shape index (κ1) is 14.6. The van der Waals surface area contributed by atoms with Crippen molar-refractivity contribution in [2.24, 2.45) is 11.8 Å². The Morgan fingerprint density at radius 2 is 2.05 bits per heavy atom. The van der Waals surface area contributed by atoms with Crippen LogP contribution in [0.5, 0.6) is 0 Å². The van der Waals surface area contributed by atoms with E-state index in [0.29, 0.717) is 18.0 Å². The van der Waals surface area contributed by atoms with Crippen molar-refractivity contribution in [1.29, 1.82) is 0 Å². The van der Waals surface area contributed by atoms with E-state index in [0.717, 1.165) is 12.5 Å². The average Bonchev–Trinajstić information content (AvgIpc) is 2.67. The van der Waals surface area contributed by atoms with Crippen LogP contribution in [0.15, 0.2) is 6.33 Å². The van der Waals surface area contributed by atoms with Crippen LogP contribution in [0.2, 0.25) is 0 Å². The topological polar surface area (TPSA) is 29.9 Å². The fourth-order valence-electron chi connectivity index (χ4n) is 3.66. The van der Waals surface area contributed by atoms with Crippen LogP contribution < -0.4 is 5.32 Å². The smallest absolute Gasteiger partial charge is 0.0954 e. The molecule has 1 fully saturated rings. The molecule has 1 aliphatic rings. The van der Waals surface area contributed by atoms with Crippen LogP contribution in [0, 0.1) is 25.7 Å². The van der Waals surface area contributed by atoms with E-state index in [9.17, 15) is 0 Å². The van der Waals surface area contributed by atoms with E-state index in [1.54, 1.807) is 0 Å². The number of nitrogens with zero attached hydrogens (tertiary/aromatic N) is 2. The highest BCUT2D eigenvalue weighted by molar-refractivity contribution is 5.11. The van der Waals surface area contributed by atoms with E-state index >= 15 is 0 Å². The summed E-state index contributed by atoms with van der Waals surface area (Å²) in [5.41, 5.74) is 2.50. The SMILES string of the molecule is CCCNC1CC(C)CC(C)C1n1cnc(C)c1C. The molecule has 0 aromatic carbocycles. The second-order valence-electron chi connectivity index (χ2n) is 6.43. The summed E-state index contributed by atoms with van der Waals surface area (Å²) >= 11 is 0. The van der Waals surface area contributed by atoms with Crippen molar-refractivity contribution in [3.05, 3.63) is 17.7 Å². The number of imidazole rings is 1. The van der Waals surface area contributed by atoms with Gasteiger partial charge in [0.1, 0.15) is 0 Å². The number of nitrogens with one attached hydrogen (secondary N) is 1. The second-order valence-corrected chi connectivity index (χ2v) is 6.43. The van der Waals surface area contributed by atoms with Crippen molar-refractivity contribution < 1.29 is 0 Å². The van der Waals surface area contributed by atoms with Crippen molar-refractivity contribution >= 4 is 0 Å². The molecule has 19 heavy (non-hydrogen) atoms. The molecule has 4 atom stereocenters. The zero-order chi connectivity index (χ0) is 14.0. The summed E-state index contributed by atoms with van der Waals surface area (Å²) in [6, 6.07) is 1.15. The van der Waals surface area contributed by atoms with Crippen LogP contribution in [0.4, 0.5) is 0 Å². The lowest BCUT2D eigenvalue weighted by atomic mass is 9.76.